The van der Waals surface area contributed by atoms with Crippen molar-refractivity contribution in [3.63, 3.8) is 0 Å². The number of rotatable bonds is 4. The van der Waals surface area contributed by atoms with Gasteiger partial charge in [0.25, 0.3) is 5.91 Å². The number of aliphatic hydroxyl groups is 2. The van der Waals surface area contributed by atoms with E-state index in [0.29, 0.717) is 11.1 Å². The molecular weight excluding hydrogens is 428 g/mol. The minimum Gasteiger partial charge on any atom is -0.493 e. The van der Waals surface area contributed by atoms with Crippen molar-refractivity contribution in [3.8, 4) is 11.5 Å². The minimum absolute atomic E-state index is 0.00281. The normalized spacial score (nSPS) is 33.4. The quantitative estimate of drug-likeness (QED) is 0.386. The van der Waals surface area contributed by atoms with Gasteiger partial charge in [0.05, 0.1) is 19.5 Å². The highest BCUT2D eigenvalue weighted by molar-refractivity contribution is 8.02. The molecule has 2 aliphatic heterocycles. The number of aliphatic hydroxyl groups excluding tert-OH is 1. The third kappa shape index (κ3) is 2.88. The molecule has 1 aromatic carbocycles. The highest BCUT2D eigenvalue weighted by atomic mass is 32.2. The summed E-state index contributed by atoms with van der Waals surface area (Å²) in [7, 11) is 2.90. The number of ether oxygens (including phenoxy) is 2. The fourth-order valence-corrected chi connectivity index (χ4v) is 5.91. The van der Waals surface area contributed by atoms with Gasteiger partial charge in [-0.2, -0.15) is 5.48 Å². The maximum atomic E-state index is 13.2. The molecule has 0 saturated carbocycles. The fraction of sp³-hybridized carbons (Fsp3) is 0.400. The molecule has 1 aliphatic carbocycles. The van der Waals surface area contributed by atoms with Gasteiger partial charge in [-0.1, -0.05) is 12.2 Å². The van der Waals surface area contributed by atoms with Crippen LogP contribution >= 0.6 is 11.8 Å². The molecule has 3 aliphatic rings. The van der Waals surface area contributed by atoms with Crippen LogP contribution in [0.1, 0.15) is 6.42 Å². The van der Waals surface area contributed by atoms with E-state index in [4.69, 9.17) is 18.7 Å². The van der Waals surface area contributed by atoms with Crippen molar-refractivity contribution < 1.29 is 33.7 Å². The second kappa shape index (κ2) is 6.97. The summed E-state index contributed by atoms with van der Waals surface area (Å²) >= 11 is 1.17. The predicted molar refractivity (Wildman–Crippen MR) is 111 cm³/mol. The number of anilines is 1. The molecule has 2 fully saturated rings. The van der Waals surface area contributed by atoms with E-state index in [1.54, 1.807) is 18.2 Å². The molecule has 31 heavy (non-hydrogen) atoms. The molecule has 1 aromatic heterocycles. The average molecular weight is 448 g/mol. The van der Waals surface area contributed by atoms with Crippen LogP contribution in [-0.4, -0.2) is 58.3 Å². The van der Waals surface area contributed by atoms with Gasteiger partial charge in [-0.3, -0.25) is 9.63 Å². The number of nitrogens with one attached hydrogen (secondary N) is 2. The molecule has 4 N–H and O–H groups in total. The lowest BCUT2D eigenvalue weighted by Gasteiger charge is -2.43. The largest absolute Gasteiger partial charge is 0.493 e. The molecule has 11 heteroatoms. The molecule has 0 spiro atoms. The molecule has 1 amide bonds. The first-order valence-electron chi connectivity index (χ1n) is 9.51. The first-order chi connectivity index (χ1) is 14.8. The number of benzene rings is 1. The predicted octanol–water partition coefficient (Wildman–Crippen LogP) is 0.516. The second-order valence-corrected chi connectivity index (χ2v) is 9.11. The third-order valence-corrected chi connectivity index (χ3v) is 7.48. The van der Waals surface area contributed by atoms with Gasteiger partial charge in [0.1, 0.15) is 23.5 Å². The minimum atomic E-state index is -1.42. The van der Waals surface area contributed by atoms with Gasteiger partial charge < -0.3 is 29.4 Å². The zero-order chi connectivity index (χ0) is 22.0. The van der Waals surface area contributed by atoms with Crippen molar-refractivity contribution in [1.29, 1.82) is 0 Å². The number of amides is 1. The SMILES string of the molecule is COc1ccc2cc(NC(=O)[C@@]34C[C@]5(O)[C@@H](C=C[C@@H](O)[C@@H]5ON3)S4)c(=O)oc2c1OC. The summed E-state index contributed by atoms with van der Waals surface area (Å²) in [5.74, 6) is 0.0964. The topological polar surface area (TPSA) is 139 Å². The van der Waals surface area contributed by atoms with Crippen molar-refractivity contribution in [2.45, 2.75) is 34.4 Å². The lowest BCUT2D eigenvalue weighted by Crippen LogP contribution is -2.65. The second-order valence-electron chi connectivity index (χ2n) is 7.67. The summed E-state index contributed by atoms with van der Waals surface area (Å²) in [5.41, 5.74) is 0.621. The zero-order valence-corrected chi connectivity index (χ0v) is 17.4. The van der Waals surface area contributed by atoms with Crippen LogP contribution in [0.3, 0.4) is 0 Å². The van der Waals surface area contributed by atoms with E-state index >= 15 is 0 Å². The number of hydrogen-bond donors (Lipinski definition) is 4. The summed E-state index contributed by atoms with van der Waals surface area (Å²) in [6.07, 6.45) is 1.31. The van der Waals surface area contributed by atoms with Crippen LogP contribution in [0.5, 0.6) is 11.5 Å². The molecule has 0 radical (unpaired) electrons. The monoisotopic (exact) mass is 448 g/mol. The van der Waals surface area contributed by atoms with E-state index in [9.17, 15) is 19.8 Å². The Kier molecular flexibility index (Phi) is 4.57. The molecule has 0 unspecified atom stereocenters. The molecule has 5 rings (SSSR count). The lowest BCUT2D eigenvalue weighted by molar-refractivity contribution is -0.216. The van der Waals surface area contributed by atoms with Crippen LogP contribution in [0, 0.1) is 0 Å². The molecule has 5 atom stereocenters. The number of carbonyl (C=O) groups excluding carboxylic acids is 1. The maximum Gasteiger partial charge on any atom is 0.360 e. The molecule has 3 heterocycles. The van der Waals surface area contributed by atoms with Gasteiger partial charge in [0.2, 0.25) is 5.75 Å². The van der Waals surface area contributed by atoms with Crippen LogP contribution in [-0.2, 0) is 9.63 Å². The number of hydroxylamine groups is 1. The maximum absolute atomic E-state index is 13.2. The van der Waals surface area contributed by atoms with Crippen molar-refractivity contribution in [1.82, 2.24) is 5.48 Å². The lowest BCUT2D eigenvalue weighted by atomic mass is 9.79. The van der Waals surface area contributed by atoms with Crippen LogP contribution in [0.4, 0.5) is 5.69 Å². The Hall–Kier alpha value is -2.57. The number of carbonyl (C=O) groups is 1. The zero-order valence-electron chi connectivity index (χ0n) is 16.6. The van der Waals surface area contributed by atoms with E-state index < -0.39 is 39.5 Å². The molecular formula is C20H20N2O8S. The van der Waals surface area contributed by atoms with Gasteiger partial charge in [0, 0.05) is 11.8 Å². The Morgan fingerprint density at radius 1 is 1.32 bits per heavy atom. The highest BCUT2D eigenvalue weighted by Gasteiger charge is 2.67. The van der Waals surface area contributed by atoms with E-state index in [1.807, 2.05) is 0 Å². The Morgan fingerprint density at radius 2 is 2.13 bits per heavy atom. The smallest absolute Gasteiger partial charge is 0.360 e. The van der Waals surface area contributed by atoms with Crippen molar-refractivity contribution in [2.75, 3.05) is 19.5 Å². The van der Waals surface area contributed by atoms with Crippen LogP contribution in [0.15, 0.2) is 39.6 Å². The Labute approximate surface area is 180 Å². The molecule has 10 nitrogen and oxygen atoms in total. The number of hydrogen-bond acceptors (Lipinski definition) is 10. The van der Waals surface area contributed by atoms with Crippen molar-refractivity contribution >= 4 is 34.3 Å². The van der Waals surface area contributed by atoms with Crippen LogP contribution < -0.4 is 25.9 Å². The summed E-state index contributed by atoms with van der Waals surface area (Å²) in [4.78, 5) is 29.9. The van der Waals surface area contributed by atoms with Gasteiger partial charge in [-0.05, 0) is 18.2 Å². The Bertz CT molecular complexity index is 1170. The van der Waals surface area contributed by atoms with Crippen LogP contribution in [0.2, 0.25) is 0 Å². The number of methoxy groups -OCH3 is 2. The Morgan fingerprint density at radius 3 is 2.87 bits per heavy atom. The van der Waals surface area contributed by atoms with Gasteiger partial charge in [0.15, 0.2) is 16.2 Å². The van der Waals surface area contributed by atoms with E-state index in [0.717, 1.165) is 0 Å². The third-order valence-electron chi connectivity index (χ3n) is 5.85. The highest BCUT2D eigenvalue weighted by Crippen LogP contribution is 2.55. The van der Waals surface area contributed by atoms with E-state index in [-0.39, 0.29) is 23.4 Å². The molecule has 164 valence electrons. The molecule has 2 saturated heterocycles. The van der Waals surface area contributed by atoms with Gasteiger partial charge >= 0.3 is 5.63 Å². The summed E-state index contributed by atoms with van der Waals surface area (Å²) < 4.78 is 15.9. The van der Waals surface area contributed by atoms with E-state index in [1.165, 1.54) is 38.1 Å². The van der Waals surface area contributed by atoms with Crippen molar-refractivity contribution in [3.05, 3.63) is 40.8 Å². The first-order valence-corrected chi connectivity index (χ1v) is 10.4. The summed E-state index contributed by atoms with van der Waals surface area (Å²) in [5, 5.41) is 23.8. The standard InChI is InChI=1S/C20H20N2O8S/c1-27-12-5-3-9-7-10(17(24)29-14(9)15(12)28-2)21-18(25)20-8-19(26)13(31-20)6-4-11(23)16(19)30-22-20/h3-7,11,13,16,22-23,26H,8H2,1-2H3,(H,21,25)/t11-,13-,16+,19+,20+/m1/s1. The van der Waals surface area contributed by atoms with E-state index in [2.05, 4.69) is 10.8 Å². The van der Waals surface area contributed by atoms with Crippen molar-refractivity contribution in [2.24, 2.45) is 0 Å². The van der Waals surface area contributed by atoms with Crippen LogP contribution in [0.25, 0.3) is 11.0 Å². The Balaban J connectivity index is 1.47. The number of fused-ring (bicyclic) bond motifs is 2. The fourth-order valence-electron chi connectivity index (χ4n) is 4.32. The molecule has 2 aromatic rings. The average Bonchev–Trinajstić information content (AvgIpc) is 3.03. The summed E-state index contributed by atoms with van der Waals surface area (Å²) in [6, 6.07) is 4.82. The molecule has 2 bridgehead atoms. The van der Waals surface area contributed by atoms with Gasteiger partial charge in [-0.15, -0.1) is 11.8 Å². The number of thioether (sulfide) groups is 1. The summed E-state index contributed by atoms with van der Waals surface area (Å²) in [6.45, 7) is 0. The first kappa shape index (κ1) is 20.3. The van der Waals surface area contributed by atoms with Gasteiger partial charge in [-0.25, -0.2) is 4.79 Å².